The Labute approximate surface area is 217 Å². The number of amides is 1. The Balaban J connectivity index is 1.40. The third kappa shape index (κ3) is 4.71. The van der Waals surface area contributed by atoms with Gasteiger partial charge < -0.3 is 20.1 Å². The summed E-state index contributed by atoms with van der Waals surface area (Å²) in [7, 11) is 0. The number of carbonyl (C=O) groups excluding carboxylic acids is 1. The number of nitrogens with zero attached hydrogens (tertiary/aromatic N) is 4. The largest absolute Gasteiger partial charge is 0.473 e. The number of carbonyl (C=O) groups is 1. The van der Waals surface area contributed by atoms with E-state index >= 15 is 0 Å². The number of anilines is 1. The molecule has 2 N–H and O–H groups in total. The summed E-state index contributed by atoms with van der Waals surface area (Å²) in [5.41, 5.74) is 2.82. The van der Waals surface area contributed by atoms with E-state index < -0.39 is 11.9 Å². The Morgan fingerprint density at radius 1 is 1.03 bits per heavy atom. The van der Waals surface area contributed by atoms with Crippen molar-refractivity contribution in [1.29, 1.82) is 0 Å². The van der Waals surface area contributed by atoms with Crippen LogP contribution in [0, 0.1) is 5.82 Å². The summed E-state index contributed by atoms with van der Waals surface area (Å²) >= 11 is 0. The van der Waals surface area contributed by atoms with Gasteiger partial charge in [-0.3, -0.25) is 4.79 Å². The SMILES string of the molecule is CC1CNC(=O)c2cnn3cc(-c4ccc(Oc5ccccc5)cc4)c(nc23)NCc2cc(F)cnc2O1. The second-order valence-electron chi connectivity index (χ2n) is 8.88. The molecule has 190 valence electrons. The predicted molar refractivity (Wildman–Crippen MR) is 139 cm³/mol. The van der Waals surface area contributed by atoms with Gasteiger partial charge in [-0.15, -0.1) is 0 Å². The Morgan fingerprint density at radius 2 is 1.82 bits per heavy atom. The molecular weight excluding hydrogens is 487 g/mol. The first-order chi connectivity index (χ1) is 18.5. The molecule has 0 saturated heterocycles. The number of aromatic nitrogens is 4. The van der Waals surface area contributed by atoms with Gasteiger partial charge in [-0.1, -0.05) is 30.3 Å². The van der Waals surface area contributed by atoms with E-state index in [0.717, 1.165) is 23.1 Å². The molecule has 0 radical (unpaired) electrons. The minimum absolute atomic E-state index is 0.197. The minimum Gasteiger partial charge on any atom is -0.473 e. The second-order valence-corrected chi connectivity index (χ2v) is 8.88. The average molecular weight is 511 g/mol. The fraction of sp³-hybridized carbons (Fsp3) is 0.143. The molecular formula is C28H23FN6O3. The summed E-state index contributed by atoms with van der Waals surface area (Å²) in [6.07, 6.45) is 4.00. The van der Waals surface area contributed by atoms with Crippen molar-refractivity contribution >= 4 is 17.4 Å². The van der Waals surface area contributed by atoms with Gasteiger partial charge in [-0.25, -0.2) is 18.9 Å². The van der Waals surface area contributed by atoms with E-state index in [-0.39, 0.29) is 24.9 Å². The Hall–Kier alpha value is -4.99. The minimum atomic E-state index is -0.477. The topological polar surface area (TPSA) is 103 Å². The average Bonchev–Trinajstić information content (AvgIpc) is 3.35. The zero-order valence-electron chi connectivity index (χ0n) is 20.4. The summed E-state index contributed by atoms with van der Waals surface area (Å²) in [4.78, 5) is 21.8. The van der Waals surface area contributed by atoms with E-state index in [1.165, 1.54) is 12.3 Å². The third-order valence-electron chi connectivity index (χ3n) is 6.08. The van der Waals surface area contributed by atoms with Gasteiger partial charge in [0.2, 0.25) is 5.88 Å². The number of ether oxygens (including phenoxy) is 2. The van der Waals surface area contributed by atoms with Crippen molar-refractivity contribution in [3.05, 3.63) is 96.2 Å². The number of benzene rings is 2. The van der Waals surface area contributed by atoms with Gasteiger partial charge in [0.05, 0.1) is 18.9 Å². The molecule has 9 nitrogen and oxygen atoms in total. The van der Waals surface area contributed by atoms with Crippen molar-refractivity contribution < 1.29 is 18.7 Å². The van der Waals surface area contributed by atoms with Gasteiger partial charge in [0.1, 0.15) is 34.8 Å². The number of halogens is 1. The first-order valence-corrected chi connectivity index (χ1v) is 12.1. The lowest BCUT2D eigenvalue weighted by molar-refractivity contribution is 0.0932. The van der Waals surface area contributed by atoms with E-state index in [4.69, 9.17) is 14.5 Å². The van der Waals surface area contributed by atoms with Gasteiger partial charge in [-0.2, -0.15) is 5.10 Å². The molecule has 0 fully saturated rings. The lowest BCUT2D eigenvalue weighted by Gasteiger charge is -2.17. The van der Waals surface area contributed by atoms with Crippen LogP contribution in [-0.4, -0.2) is 38.1 Å². The summed E-state index contributed by atoms with van der Waals surface area (Å²) in [5, 5.41) is 10.5. The first-order valence-electron chi connectivity index (χ1n) is 12.1. The van der Waals surface area contributed by atoms with E-state index in [1.54, 1.807) is 17.6 Å². The van der Waals surface area contributed by atoms with Crippen molar-refractivity contribution in [2.24, 2.45) is 0 Å². The highest BCUT2D eigenvalue weighted by Crippen LogP contribution is 2.31. The van der Waals surface area contributed by atoms with E-state index in [2.05, 4.69) is 20.7 Å². The maximum Gasteiger partial charge on any atom is 0.256 e. The second kappa shape index (κ2) is 9.81. The molecule has 1 unspecified atom stereocenters. The van der Waals surface area contributed by atoms with Crippen LogP contribution < -0.4 is 20.1 Å². The number of fused-ring (bicyclic) bond motifs is 2. The normalized spacial score (nSPS) is 15.3. The van der Waals surface area contributed by atoms with Gasteiger partial charge in [0.15, 0.2) is 5.65 Å². The maximum absolute atomic E-state index is 14.1. The summed E-state index contributed by atoms with van der Waals surface area (Å²) in [6.45, 7) is 2.23. The van der Waals surface area contributed by atoms with E-state index in [9.17, 15) is 9.18 Å². The molecule has 6 rings (SSSR count). The monoisotopic (exact) mass is 510 g/mol. The van der Waals surface area contributed by atoms with Crippen LogP contribution in [0.4, 0.5) is 10.2 Å². The molecule has 0 spiro atoms. The predicted octanol–water partition coefficient (Wildman–Crippen LogP) is 4.85. The third-order valence-corrected chi connectivity index (χ3v) is 6.08. The van der Waals surface area contributed by atoms with Crippen molar-refractivity contribution in [3.8, 4) is 28.5 Å². The zero-order chi connectivity index (χ0) is 26.1. The molecule has 2 aromatic carbocycles. The number of nitrogens with one attached hydrogen (secondary N) is 2. The van der Waals surface area contributed by atoms with Crippen LogP contribution in [0.15, 0.2) is 79.3 Å². The van der Waals surface area contributed by atoms with Crippen LogP contribution >= 0.6 is 0 Å². The number of hydrogen-bond donors (Lipinski definition) is 2. The van der Waals surface area contributed by atoms with Crippen LogP contribution in [0.25, 0.3) is 16.8 Å². The number of para-hydroxylation sites is 1. The smallest absolute Gasteiger partial charge is 0.256 e. The molecule has 10 heteroatoms. The Kier molecular flexibility index (Phi) is 6.04. The fourth-order valence-corrected chi connectivity index (χ4v) is 4.19. The van der Waals surface area contributed by atoms with Crippen molar-refractivity contribution in [2.75, 3.05) is 11.9 Å². The number of hydrogen-bond acceptors (Lipinski definition) is 7. The van der Waals surface area contributed by atoms with Crippen LogP contribution in [0.5, 0.6) is 17.4 Å². The zero-order valence-corrected chi connectivity index (χ0v) is 20.4. The highest BCUT2D eigenvalue weighted by atomic mass is 19.1. The van der Waals surface area contributed by atoms with Crippen LogP contribution in [0.3, 0.4) is 0 Å². The summed E-state index contributed by atoms with van der Waals surface area (Å²) in [6, 6.07) is 18.5. The quantitative estimate of drug-likeness (QED) is 0.358. The van der Waals surface area contributed by atoms with Crippen LogP contribution in [0.1, 0.15) is 22.8 Å². The van der Waals surface area contributed by atoms with E-state index in [0.29, 0.717) is 28.3 Å². The highest BCUT2D eigenvalue weighted by Gasteiger charge is 2.20. The molecule has 1 atom stereocenters. The molecule has 1 amide bonds. The molecule has 38 heavy (non-hydrogen) atoms. The lowest BCUT2D eigenvalue weighted by atomic mass is 10.1. The molecule has 3 aromatic heterocycles. The maximum atomic E-state index is 14.1. The number of pyridine rings is 1. The number of rotatable bonds is 3. The lowest BCUT2D eigenvalue weighted by Crippen LogP contribution is -2.33. The Morgan fingerprint density at radius 3 is 2.63 bits per heavy atom. The van der Waals surface area contributed by atoms with Crippen molar-refractivity contribution in [3.63, 3.8) is 0 Å². The molecule has 2 bridgehead atoms. The molecule has 4 heterocycles. The highest BCUT2D eigenvalue weighted by molar-refractivity contribution is 6.00. The van der Waals surface area contributed by atoms with Gasteiger partial charge >= 0.3 is 0 Å². The summed E-state index contributed by atoms with van der Waals surface area (Å²) in [5.74, 6) is 1.40. The van der Waals surface area contributed by atoms with Crippen molar-refractivity contribution in [2.45, 2.75) is 19.6 Å². The van der Waals surface area contributed by atoms with Gasteiger partial charge in [0, 0.05) is 23.9 Å². The molecule has 1 aliphatic heterocycles. The standard InChI is InChI=1S/C28H23FN6O3/c1-17-12-31-27(36)23-15-33-35-16-24(18-7-9-22(10-8-18)38-21-5-3-2-4-6-21)25(34-26(23)35)30-13-19-11-20(29)14-32-28(19)37-17/h2-11,14-17H,12-13H2,1H3,(H,30,34)(H,31,36). The van der Waals surface area contributed by atoms with Crippen LogP contribution in [0.2, 0.25) is 0 Å². The molecule has 1 aliphatic rings. The van der Waals surface area contributed by atoms with Crippen molar-refractivity contribution in [1.82, 2.24) is 24.9 Å². The van der Waals surface area contributed by atoms with E-state index in [1.807, 2.05) is 54.6 Å². The molecule has 5 aromatic rings. The van der Waals surface area contributed by atoms with Crippen LogP contribution in [-0.2, 0) is 6.54 Å². The fourth-order valence-electron chi connectivity index (χ4n) is 4.19. The van der Waals surface area contributed by atoms with Gasteiger partial charge in [-0.05, 0) is 42.8 Å². The first kappa shape index (κ1) is 23.4. The Bertz CT molecular complexity index is 1620. The van der Waals surface area contributed by atoms with Gasteiger partial charge in [0.25, 0.3) is 5.91 Å². The summed E-state index contributed by atoms with van der Waals surface area (Å²) < 4.78 is 27.5. The molecule has 0 aliphatic carbocycles. The molecule has 0 saturated carbocycles.